The van der Waals surface area contributed by atoms with E-state index < -0.39 is 57.3 Å². The van der Waals surface area contributed by atoms with Crippen molar-refractivity contribution in [2.24, 2.45) is 0 Å². The molecule has 0 amide bonds. The van der Waals surface area contributed by atoms with E-state index in [4.69, 9.17) is 0 Å². The van der Waals surface area contributed by atoms with Gasteiger partial charge in [0.25, 0.3) is 0 Å². The van der Waals surface area contributed by atoms with E-state index in [1.54, 1.807) is 0 Å². The second-order valence-corrected chi connectivity index (χ2v) is 7.39. The van der Waals surface area contributed by atoms with Crippen molar-refractivity contribution in [1.29, 1.82) is 0 Å². The van der Waals surface area contributed by atoms with Gasteiger partial charge in [-0.1, -0.05) is 0 Å². The summed E-state index contributed by atoms with van der Waals surface area (Å²) in [5.41, 5.74) is -6.25. The highest BCUT2D eigenvalue weighted by Gasteiger charge is 2.89. The van der Waals surface area contributed by atoms with Crippen LogP contribution in [0.3, 0.4) is 0 Å². The molecule has 0 N–H and O–H groups in total. The van der Waals surface area contributed by atoms with Crippen molar-refractivity contribution < 1.29 is 70.3 Å². The first kappa shape index (κ1) is 26.2. The SMILES string of the molecule is CO[SiH](OC)C(F)(F)C(F)(F)C(F)(F)C(F)(F)C(F)(F)C(F)CC(F)(F)F. The monoisotopic (exact) mass is 456 g/mol. The third-order valence-corrected chi connectivity index (χ3v) is 4.97. The molecule has 0 heterocycles. The van der Waals surface area contributed by atoms with Crippen LogP contribution < -0.4 is 0 Å². The molecule has 0 saturated carbocycles. The van der Waals surface area contributed by atoms with Gasteiger partial charge in [0, 0.05) is 14.2 Å². The van der Waals surface area contributed by atoms with Crippen LogP contribution in [0.25, 0.3) is 0 Å². The third kappa shape index (κ3) is 4.28. The van der Waals surface area contributed by atoms with Gasteiger partial charge in [0.2, 0.25) is 0 Å². The van der Waals surface area contributed by atoms with Gasteiger partial charge in [0.15, 0.2) is 6.17 Å². The molecule has 0 fully saturated rings. The number of hydrogen-bond donors (Lipinski definition) is 0. The summed E-state index contributed by atoms with van der Waals surface area (Å²) in [6.07, 6.45) is -14.5. The molecule has 0 aromatic carbocycles. The molecule has 0 radical (unpaired) electrons. The maximum Gasteiger partial charge on any atom is 0.406 e. The lowest BCUT2D eigenvalue weighted by Crippen LogP contribution is -2.72. The van der Waals surface area contributed by atoms with Gasteiger partial charge in [0.05, 0.1) is 6.42 Å². The van der Waals surface area contributed by atoms with Gasteiger partial charge in [-0.15, -0.1) is 0 Å². The van der Waals surface area contributed by atoms with Crippen molar-refractivity contribution in [2.75, 3.05) is 14.2 Å². The number of halogens is 14. The van der Waals surface area contributed by atoms with Crippen LogP contribution in [-0.2, 0) is 8.85 Å². The predicted molar refractivity (Wildman–Crippen MR) is 61.5 cm³/mol. The molecule has 2 nitrogen and oxygen atoms in total. The molecule has 0 spiro atoms. The molecule has 0 rings (SSSR count). The van der Waals surface area contributed by atoms with Gasteiger partial charge < -0.3 is 8.85 Å². The second-order valence-electron chi connectivity index (χ2n) is 5.06. The average Bonchev–Trinajstić information content (AvgIpc) is 2.45. The lowest BCUT2D eigenvalue weighted by Gasteiger charge is -2.41. The molecule has 27 heavy (non-hydrogen) atoms. The number of alkyl halides is 14. The standard InChI is InChI=1S/C10H10F14O2Si/c1-25-27(26-2)10(23,24)9(21,22)8(19,20)7(17,18)6(15,16)4(11)3-5(12,13)14/h4,27H,3H2,1-2H3. The van der Waals surface area contributed by atoms with Crippen molar-refractivity contribution in [3.05, 3.63) is 0 Å². The minimum absolute atomic E-state index is 0.232. The fourth-order valence-electron chi connectivity index (χ4n) is 1.68. The minimum atomic E-state index is -7.70. The summed E-state index contributed by atoms with van der Waals surface area (Å²) < 4.78 is 189. The van der Waals surface area contributed by atoms with Crippen LogP contribution in [0.4, 0.5) is 61.5 Å². The maximum absolute atomic E-state index is 13.5. The predicted octanol–water partition coefficient (Wildman–Crippen LogP) is 4.51. The van der Waals surface area contributed by atoms with E-state index in [0.717, 1.165) is 0 Å². The first-order valence-electron chi connectivity index (χ1n) is 6.30. The molecule has 0 aromatic rings. The van der Waals surface area contributed by atoms with Crippen LogP contribution in [0.1, 0.15) is 6.42 Å². The molecule has 0 aliphatic heterocycles. The summed E-state index contributed by atoms with van der Waals surface area (Å²) in [6, 6.07) is 0. The third-order valence-electron chi connectivity index (χ3n) is 3.15. The van der Waals surface area contributed by atoms with Gasteiger partial charge in [-0.2, -0.15) is 57.1 Å². The minimum Gasteiger partial charge on any atom is -0.396 e. The van der Waals surface area contributed by atoms with Crippen molar-refractivity contribution >= 4 is 9.28 Å². The Kier molecular flexibility index (Phi) is 7.29. The Morgan fingerprint density at radius 2 is 1.04 bits per heavy atom. The van der Waals surface area contributed by atoms with Crippen molar-refractivity contribution in [3.8, 4) is 0 Å². The Labute approximate surface area is 143 Å². The summed E-state index contributed by atoms with van der Waals surface area (Å²) in [7, 11) is -4.76. The van der Waals surface area contributed by atoms with Crippen LogP contribution in [0.2, 0.25) is 0 Å². The molecular weight excluding hydrogens is 446 g/mol. The first-order valence-corrected chi connectivity index (χ1v) is 7.82. The van der Waals surface area contributed by atoms with E-state index in [-0.39, 0.29) is 14.2 Å². The van der Waals surface area contributed by atoms with Crippen LogP contribution in [0, 0.1) is 0 Å². The zero-order valence-electron chi connectivity index (χ0n) is 13.0. The number of hydrogen-bond acceptors (Lipinski definition) is 2. The molecule has 0 aromatic heterocycles. The molecular formula is C10H10F14O2Si. The van der Waals surface area contributed by atoms with E-state index in [9.17, 15) is 61.5 Å². The van der Waals surface area contributed by atoms with E-state index in [0.29, 0.717) is 0 Å². The van der Waals surface area contributed by atoms with Gasteiger partial charge in [-0.3, -0.25) is 0 Å². The highest BCUT2D eigenvalue weighted by atomic mass is 28.3. The van der Waals surface area contributed by atoms with Crippen LogP contribution >= 0.6 is 0 Å². The van der Waals surface area contributed by atoms with E-state index >= 15 is 0 Å². The lowest BCUT2D eigenvalue weighted by atomic mass is 9.94. The summed E-state index contributed by atoms with van der Waals surface area (Å²) in [6.45, 7) is 0. The molecule has 0 aliphatic rings. The fourth-order valence-corrected chi connectivity index (χ4v) is 2.95. The Balaban J connectivity index is 6.21. The van der Waals surface area contributed by atoms with Gasteiger partial charge in [-0.25, -0.2) is 4.39 Å². The topological polar surface area (TPSA) is 18.5 Å². The largest absolute Gasteiger partial charge is 0.406 e. The molecule has 0 bridgehead atoms. The Hall–Kier alpha value is -0.843. The van der Waals surface area contributed by atoms with Gasteiger partial charge >= 0.3 is 44.7 Å². The number of rotatable bonds is 9. The Bertz CT molecular complexity index is 501. The first-order chi connectivity index (χ1) is 11.6. The second kappa shape index (κ2) is 7.53. The highest BCUT2D eigenvalue weighted by molar-refractivity contribution is 6.48. The van der Waals surface area contributed by atoms with Gasteiger partial charge in [0.1, 0.15) is 0 Å². The van der Waals surface area contributed by atoms with Crippen LogP contribution in [-0.4, -0.2) is 65.1 Å². The summed E-state index contributed by atoms with van der Waals surface area (Å²) >= 11 is 0. The summed E-state index contributed by atoms with van der Waals surface area (Å²) in [4.78, 5) is 0. The molecule has 1 unspecified atom stereocenters. The maximum atomic E-state index is 13.5. The molecule has 17 heteroatoms. The zero-order chi connectivity index (χ0) is 22.3. The Morgan fingerprint density at radius 3 is 1.33 bits per heavy atom. The van der Waals surface area contributed by atoms with E-state index in [1.165, 1.54) is 0 Å². The van der Waals surface area contributed by atoms with Crippen LogP contribution in [0.15, 0.2) is 0 Å². The highest BCUT2D eigenvalue weighted by Crippen LogP contribution is 2.59. The molecule has 1 atom stereocenters. The van der Waals surface area contributed by atoms with Crippen molar-refractivity contribution in [1.82, 2.24) is 0 Å². The molecule has 164 valence electrons. The molecule has 0 saturated heterocycles. The van der Waals surface area contributed by atoms with Gasteiger partial charge in [-0.05, 0) is 0 Å². The smallest absolute Gasteiger partial charge is 0.396 e. The zero-order valence-corrected chi connectivity index (χ0v) is 14.1. The summed E-state index contributed by atoms with van der Waals surface area (Å²) in [5, 5.41) is 0. The Morgan fingerprint density at radius 1 is 0.667 bits per heavy atom. The normalized spacial score (nSPS) is 16.8. The quantitative estimate of drug-likeness (QED) is 0.376. The van der Waals surface area contributed by atoms with E-state index in [1.807, 2.05) is 0 Å². The lowest BCUT2D eigenvalue weighted by molar-refractivity contribution is -0.401. The fraction of sp³-hybridized carbons (Fsp3) is 1.00. The van der Waals surface area contributed by atoms with E-state index in [2.05, 4.69) is 8.85 Å². The van der Waals surface area contributed by atoms with Crippen molar-refractivity contribution in [2.45, 2.75) is 48.0 Å². The van der Waals surface area contributed by atoms with Crippen LogP contribution in [0.5, 0.6) is 0 Å². The summed E-state index contributed by atoms with van der Waals surface area (Å²) in [5.74, 6) is -29.8. The van der Waals surface area contributed by atoms with Crippen molar-refractivity contribution in [3.63, 3.8) is 0 Å². The average molecular weight is 456 g/mol. The molecule has 0 aliphatic carbocycles.